The summed E-state index contributed by atoms with van der Waals surface area (Å²) in [5, 5.41) is 0.734. The van der Waals surface area contributed by atoms with Gasteiger partial charge in [-0.3, -0.25) is 0 Å². The van der Waals surface area contributed by atoms with Crippen LogP contribution in [-0.2, 0) is 0 Å². The highest BCUT2D eigenvalue weighted by molar-refractivity contribution is 7.81. The molecule has 0 aromatic rings. The molecule has 1 heteroatoms. The molecular weight excluding hydrogens is 308 g/mol. The van der Waals surface area contributed by atoms with Crippen molar-refractivity contribution in [2.24, 2.45) is 35.0 Å². The van der Waals surface area contributed by atoms with Crippen molar-refractivity contribution in [2.45, 2.75) is 112 Å². The summed E-state index contributed by atoms with van der Waals surface area (Å²) in [4.78, 5) is 0. The van der Waals surface area contributed by atoms with Gasteiger partial charge in [0.05, 0.1) is 0 Å². The fourth-order valence-corrected chi connectivity index (χ4v) is 7.25. The minimum Gasteiger partial charge on any atom is -0.176 e. The van der Waals surface area contributed by atoms with E-state index in [-0.39, 0.29) is 0 Å². The number of fused-ring (bicyclic) bond motifs is 3. The summed E-state index contributed by atoms with van der Waals surface area (Å²) < 4.78 is 0. The summed E-state index contributed by atoms with van der Waals surface area (Å²) in [7, 11) is 0. The van der Waals surface area contributed by atoms with Crippen LogP contribution in [0, 0.1) is 35.0 Å². The Kier molecular flexibility index (Phi) is 9.78. The molecule has 0 saturated heterocycles. The van der Waals surface area contributed by atoms with E-state index in [1.165, 1.54) is 25.7 Å². The third-order valence-electron chi connectivity index (χ3n) is 7.41. The third-order valence-corrected chi connectivity index (χ3v) is 8.05. The van der Waals surface area contributed by atoms with Crippen LogP contribution in [-0.4, -0.2) is 5.25 Å². The largest absolute Gasteiger partial charge is 0.176 e. The van der Waals surface area contributed by atoms with Gasteiger partial charge < -0.3 is 0 Å². The number of hydrogen-bond donors (Lipinski definition) is 1. The van der Waals surface area contributed by atoms with Crippen LogP contribution in [0.3, 0.4) is 0 Å². The van der Waals surface area contributed by atoms with Crippen LogP contribution >= 0.6 is 12.6 Å². The van der Waals surface area contributed by atoms with E-state index in [0.29, 0.717) is 0 Å². The molecule has 0 amide bonds. The van der Waals surface area contributed by atoms with Crippen LogP contribution in [0.15, 0.2) is 0 Å². The normalized spacial score (nSPS) is 45.0. The van der Waals surface area contributed by atoms with E-state index >= 15 is 0 Å². The number of hydrogen-bond acceptors (Lipinski definition) is 1. The standard InChI is InChI=1S/C17H28S.3C2H6/c1-11-9-17-8-7-14-13(3-2-4-16(14)18)15(17)6-5-12(11)10-17;3*1-2/h11-16,18H,2-10H2,1H3;3*1-2H3/t11?,12?,13?,14-,15-,16-,17+;;;/m0.../s1. The monoisotopic (exact) mass is 354 g/mol. The molecule has 3 unspecified atom stereocenters. The van der Waals surface area contributed by atoms with E-state index in [4.69, 9.17) is 12.6 Å². The zero-order chi connectivity index (χ0) is 18.3. The molecule has 4 aliphatic carbocycles. The van der Waals surface area contributed by atoms with Gasteiger partial charge in [-0.15, -0.1) is 0 Å². The maximum Gasteiger partial charge on any atom is 0.00478 e. The third kappa shape index (κ3) is 4.18. The van der Waals surface area contributed by atoms with Crippen molar-refractivity contribution in [3.63, 3.8) is 0 Å². The van der Waals surface area contributed by atoms with Gasteiger partial charge in [-0.2, -0.15) is 12.6 Å². The van der Waals surface area contributed by atoms with Gasteiger partial charge in [0.15, 0.2) is 0 Å². The first-order chi connectivity index (χ1) is 11.7. The topological polar surface area (TPSA) is 0 Å². The zero-order valence-electron chi connectivity index (χ0n) is 17.8. The molecule has 4 aliphatic rings. The van der Waals surface area contributed by atoms with Crippen molar-refractivity contribution < 1.29 is 0 Å². The van der Waals surface area contributed by atoms with Gasteiger partial charge in [-0.25, -0.2) is 0 Å². The summed E-state index contributed by atoms with van der Waals surface area (Å²) in [6.07, 6.45) is 13.7. The number of thiol groups is 1. The van der Waals surface area contributed by atoms with Crippen LogP contribution in [0.4, 0.5) is 0 Å². The Morgan fingerprint density at radius 3 is 2.08 bits per heavy atom. The molecule has 2 bridgehead atoms. The summed E-state index contributed by atoms with van der Waals surface area (Å²) in [6, 6.07) is 0. The molecule has 1 spiro atoms. The molecule has 4 saturated carbocycles. The second-order valence-corrected chi connectivity index (χ2v) is 8.72. The minimum atomic E-state index is 0.734. The molecular formula is C23H46S. The van der Waals surface area contributed by atoms with E-state index < -0.39 is 0 Å². The first kappa shape index (κ1) is 22.4. The highest BCUT2D eigenvalue weighted by Gasteiger charge is 2.57. The molecule has 0 N–H and O–H groups in total. The minimum absolute atomic E-state index is 0.734. The quantitative estimate of drug-likeness (QED) is 0.418. The Labute approximate surface area is 159 Å². The van der Waals surface area contributed by atoms with E-state index in [2.05, 4.69) is 6.92 Å². The van der Waals surface area contributed by atoms with Crippen LogP contribution in [0.25, 0.3) is 0 Å². The highest BCUT2D eigenvalue weighted by Crippen LogP contribution is 2.66. The molecule has 0 heterocycles. The summed E-state index contributed by atoms with van der Waals surface area (Å²) >= 11 is 4.92. The van der Waals surface area contributed by atoms with Gasteiger partial charge in [-0.1, -0.05) is 54.9 Å². The predicted molar refractivity (Wildman–Crippen MR) is 114 cm³/mol. The molecule has 0 nitrogen and oxygen atoms in total. The maximum absolute atomic E-state index is 4.92. The van der Waals surface area contributed by atoms with Gasteiger partial charge in [0.1, 0.15) is 0 Å². The van der Waals surface area contributed by atoms with Crippen molar-refractivity contribution in [3.8, 4) is 0 Å². The van der Waals surface area contributed by atoms with Crippen molar-refractivity contribution in [1.29, 1.82) is 0 Å². The molecule has 0 aromatic heterocycles. The lowest BCUT2D eigenvalue weighted by Gasteiger charge is -2.55. The van der Waals surface area contributed by atoms with Crippen molar-refractivity contribution >= 4 is 12.6 Å². The summed E-state index contributed by atoms with van der Waals surface area (Å²) in [5.74, 6) is 5.24. The molecule has 7 atom stereocenters. The molecule has 0 aliphatic heterocycles. The van der Waals surface area contributed by atoms with Gasteiger partial charge in [0, 0.05) is 5.25 Å². The van der Waals surface area contributed by atoms with Gasteiger partial charge in [-0.05, 0) is 86.4 Å². The van der Waals surface area contributed by atoms with Crippen LogP contribution < -0.4 is 0 Å². The molecule has 144 valence electrons. The molecule has 4 fully saturated rings. The van der Waals surface area contributed by atoms with E-state index in [1.54, 1.807) is 32.1 Å². The van der Waals surface area contributed by atoms with Gasteiger partial charge in [0.25, 0.3) is 0 Å². The van der Waals surface area contributed by atoms with Gasteiger partial charge >= 0.3 is 0 Å². The second-order valence-electron chi connectivity index (χ2n) is 8.06. The fraction of sp³-hybridized carbons (Fsp3) is 1.00. The van der Waals surface area contributed by atoms with Gasteiger partial charge in [0.2, 0.25) is 0 Å². The van der Waals surface area contributed by atoms with Crippen molar-refractivity contribution in [1.82, 2.24) is 0 Å². The first-order valence-electron chi connectivity index (χ1n) is 11.4. The Morgan fingerprint density at radius 2 is 1.42 bits per heavy atom. The van der Waals surface area contributed by atoms with Crippen molar-refractivity contribution in [3.05, 3.63) is 0 Å². The molecule has 0 radical (unpaired) electrons. The highest BCUT2D eigenvalue weighted by atomic mass is 32.1. The first-order valence-corrected chi connectivity index (χ1v) is 11.9. The SMILES string of the molecule is CC.CC.CC.CC1C[C@@]23CC[C@H]4C(CCC[C@@H]4S)[C@@H]2CCC1C3. The lowest BCUT2D eigenvalue weighted by molar-refractivity contribution is -0.0353. The summed E-state index contributed by atoms with van der Waals surface area (Å²) in [6.45, 7) is 14.5. The smallest absolute Gasteiger partial charge is 0.00478 e. The van der Waals surface area contributed by atoms with E-state index in [9.17, 15) is 0 Å². The lowest BCUT2D eigenvalue weighted by Crippen LogP contribution is -2.47. The summed E-state index contributed by atoms with van der Waals surface area (Å²) in [5.41, 5.74) is 0.800. The fourth-order valence-electron chi connectivity index (χ4n) is 6.70. The Balaban J connectivity index is 0.000000436. The zero-order valence-corrected chi connectivity index (χ0v) is 18.7. The average Bonchev–Trinajstić information content (AvgIpc) is 2.89. The van der Waals surface area contributed by atoms with Crippen LogP contribution in [0.5, 0.6) is 0 Å². The second kappa shape index (κ2) is 10.5. The van der Waals surface area contributed by atoms with E-state index in [0.717, 1.165) is 40.3 Å². The Morgan fingerprint density at radius 1 is 0.750 bits per heavy atom. The Bertz CT molecular complexity index is 335. The van der Waals surface area contributed by atoms with Crippen LogP contribution in [0.2, 0.25) is 0 Å². The average molecular weight is 355 g/mol. The molecule has 4 rings (SSSR count). The maximum atomic E-state index is 4.92. The lowest BCUT2D eigenvalue weighted by atomic mass is 9.51. The molecule has 0 aromatic carbocycles. The number of rotatable bonds is 0. The predicted octanol–water partition coefficient (Wildman–Crippen LogP) is 8.02. The van der Waals surface area contributed by atoms with Crippen molar-refractivity contribution in [2.75, 3.05) is 0 Å². The van der Waals surface area contributed by atoms with Crippen LogP contribution in [0.1, 0.15) is 106 Å². The van der Waals surface area contributed by atoms with E-state index in [1.807, 2.05) is 41.5 Å². The Hall–Kier alpha value is 0.350. The molecule has 24 heavy (non-hydrogen) atoms.